The summed E-state index contributed by atoms with van der Waals surface area (Å²) in [6, 6.07) is 5.30. The van der Waals surface area contributed by atoms with Crippen molar-refractivity contribution < 1.29 is 4.92 Å². The minimum atomic E-state index is -0.340. The SMILES string of the molecule is CCCNc1cccc(C)c1[N+](=O)[O-]. The third-order valence-electron chi connectivity index (χ3n) is 1.99. The highest BCUT2D eigenvalue weighted by molar-refractivity contribution is 5.64. The van der Waals surface area contributed by atoms with E-state index >= 15 is 0 Å². The fraction of sp³-hybridized carbons (Fsp3) is 0.400. The Balaban J connectivity index is 3.02. The first-order valence-corrected chi connectivity index (χ1v) is 4.64. The van der Waals surface area contributed by atoms with Gasteiger partial charge in [-0.15, -0.1) is 0 Å². The molecule has 0 spiro atoms. The van der Waals surface area contributed by atoms with Gasteiger partial charge in [0.2, 0.25) is 0 Å². The van der Waals surface area contributed by atoms with Crippen LogP contribution in [0.4, 0.5) is 11.4 Å². The van der Waals surface area contributed by atoms with Gasteiger partial charge < -0.3 is 5.32 Å². The van der Waals surface area contributed by atoms with E-state index in [1.54, 1.807) is 19.1 Å². The molecular weight excluding hydrogens is 180 g/mol. The highest BCUT2D eigenvalue weighted by atomic mass is 16.6. The van der Waals surface area contributed by atoms with Crippen LogP contribution in [0.3, 0.4) is 0 Å². The first-order chi connectivity index (χ1) is 6.66. The summed E-state index contributed by atoms with van der Waals surface area (Å²) in [5, 5.41) is 13.8. The van der Waals surface area contributed by atoms with E-state index in [0.29, 0.717) is 11.3 Å². The quantitative estimate of drug-likeness (QED) is 0.592. The van der Waals surface area contributed by atoms with Gasteiger partial charge in [0.25, 0.3) is 5.69 Å². The van der Waals surface area contributed by atoms with Crippen LogP contribution < -0.4 is 5.32 Å². The van der Waals surface area contributed by atoms with Crippen molar-refractivity contribution in [3.8, 4) is 0 Å². The highest BCUT2D eigenvalue weighted by Gasteiger charge is 2.15. The number of hydrogen-bond donors (Lipinski definition) is 1. The molecule has 1 rings (SSSR count). The monoisotopic (exact) mass is 194 g/mol. The Hall–Kier alpha value is -1.58. The van der Waals surface area contributed by atoms with Gasteiger partial charge in [-0.25, -0.2) is 0 Å². The molecule has 0 radical (unpaired) electrons. The smallest absolute Gasteiger partial charge is 0.295 e. The molecule has 0 aliphatic heterocycles. The molecule has 1 N–H and O–H groups in total. The third-order valence-corrected chi connectivity index (χ3v) is 1.99. The number of benzene rings is 1. The largest absolute Gasteiger partial charge is 0.379 e. The Morgan fingerprint density at radius 1 is 1.50 bits per heavy atom. The summed E-state index contributed by atoms with van der Waals surface area (Å²) in [6.45, 7) is 4.52. The zero-order valence-corrected chi connectivity index (χ0v) is 8.41. The van der Waals surface area contributed by atoms with Gasteiger partial charge in [-0.2, -0.15) is 0 Å². The molecule has 0 amide bonds. The molecular formula is C10H14N2O2. The van der Waals surface area contributed by atoms with Crippen molar-refractivity contribution in [1.82, 2.24) is 0 Å². The molecule has 0 atom stereocenters. The van der Waals surface area contributed by atoms with Gasteiger partial charge in [0.15, 0.2) is 0 Å². The van der Waals surface area contributed by atoms with Gasteiger partial charge in [-0.3, -0.25) is 10.1 Å². The van der Waals surface area contributed by atoms with Crippen LogP contribution in [0.5, 0.6) is 0 Å². The molecule has 4 heteroatoms. The molecule has 4 nitrogen and oxygen atoms in total. The molecule has 0 bridgehead atoms. The first kappa shape index (κ1) is 10.5. The van der Waals surface area contributed by atoms with Crippen LogP contribution in [0, 0.1) is 17.0 Å². The van der Waals surface area contributed by atoms with Gasteiger partial charge in [0.1, 0.15) is 5.69 Å². The summed E-state index contributed by atoms with van der Waals surface area (Å²) in [5.41, 5.74) is 1.48. The number of nitro groups is 1. The molecule has 0 saturated carbocycles. The lowest BCUT2D eigenvalue weighted by atomic mass is 10.1. The summed E-state index contributed by atoms with van der Waals surface area (Å²) >= 11 is 0. The molecule has 0 aliphatic rings. The molecule has 0 heterocycles. The number of aryl methyl sites for hydroxylation is 1. The van der Waals surface area contributed by atoms with Gasteiger partial charge in [-0.05, 0) is 19.4 Å². The zero-order chi connectivity index (χ0) is 10.6. The van der Waals surface area contributed by atoms with Crippen molar-refractivity contribution in [1.29, 1.82) is 0 Å². The van der Waals surface area contributed by atoms with Crippen molar-refractivity contribution in [2.45, 2.75) is 20.3 Å². The van der Waals surface area contributed by atoms with Crippen molar-refractivity contribution in [3.05, 3.63) is 33.9 Å². The maximum atomic E-state index is 10.8. The van der Waals surface area contributed by atoms with Gasteiger partial charge in [-0.1, -0.05) is 19.1 Å². The molecule has 0 unspecified atom stereocenters. The van der Waals surface area contributed by atoms with Gasteiger partial charge >= 0.3 is 0 Å². The summed E-state index contributed by atoms with van der Waals surface area (Å²) in [6.07, 6.45) is 0.950. The van der Waals surface area contributed by atoms with E-state index < -0.39 is 0 Å². The lowest BCUT2D eigenvalue weighted by molar-refractivity contribution is -0.384. The van der Waals surface area contributed by atoms with E-state index in [0.717, 1.165) is 13.0 Å². The van der Waals surface area contributed by atoms with Crippen molar-refractivity contribution in [2.24, 2.45) is 0 Å². The molecule has 14 heavy (non-hydrogen) atoms. The van der Waals surface area contributed by atoms with E-state index in [-0.39, 0.29) is 10.6 Å². The minimum Gasteiger partial charge on any atom is -0.379 e. The van der Waals surface area contributed by atoms with Crippen molar-refractivity contribution in [2.75, 3.05) is 11.9 Å². The zero-order valence-electron chi connectivity index (χ0n) is 8.41. The molecule has 0 fully saturated rings. The number of nitro benzene ring substituents is 1. The molecule has 0 aliphatic carbocycles. The van der Waals surface area contributed by atoms with Crippen LogP contribution in [-0.2, 0) is 0 Å². The number of hydrogen-bond acceptors (Lipinski definition) is 3. The lowest BCUT2D eigenvalue weighted by Crippen LogP contribution is -2.04. The van der Waals surface area contributed by atoms with Crippen LogP contribution in [0.25, 0.3) is 0 Å². The molecule has 76 valence electrons. The van der Waals surface area contributed by atoms with Crippen LogP contribution in [-0.4, -0.2) is 11.5 Å². The predicted octanol–water partition coefficient (Wildman–Crippen LogP) is 2.73. The fourth-order valence-corrected chi connectivity index (χ4v) is 1.30. The van der Waals surface area contributed by atoms with E-state index in [4.69, 9.17) is 0 Å². The maximum Gasteiger partial charge on any atom is 0.295 e. The number of nitrogens with one attached hydrogen (secondary N) is 1. The van der Waals surface area contributed by atoms with E-state index in [1.165, 1.54) is 0 Å². The average Bonchev–Trinajstić information content (AvgIpc) is 2.14. The summed E-state index contributed by atoms with van der Waals surface area (Å²) < 4.78 is 0. The number of nitrogens with zero attached hydrogens (tertiary/aromatic N) is 1. The number of para-hydroxylation sites is 1. The Morgan fingerprint density at radius 3 is 2.79 bits per heavy atom. The van der Waals surface area contributed by atoms with Crippen LogP contribution in [0.2, 0.25) is 0 Å². The van der Waals surface area contributed by atoms with Gasteiger partial charge in [0.05, 0.1) is 4.92 Å². The second-order valence-electron chi connectivity index (χ2n) is 3.15. The van der Waals surface area contributed by atoms with E-state index in [9.17, 15) is 10.1 Å². The Morgan fingerprint density at radius 2 is 2.21 bits per heavy atom. The standard InChI is InChI=1S/C10H14N2O2/c1-3-7-11-9-6-4-5-8(2)10(9)12(13)14/h4-6,11H,3,7H2,1-2H3. The minimum absolute atomic E-state index is 0.181. The third kappa shape index (κ3) is 2.22. The maximum absolute atomic E-state index is 10.8. The highest BCUT2D eigenvalue weighted by Crippen LogP contribution is 2.27. The van der Waals surface area contributed by atoms with E-state index in [2.05, 4.69) is 5.32 Å². The molecule has 1 aromatic rings. The number of anilines is 1. The summed E-state index contributed by atoms with van der Waals surface area (Å²) in [4.78, 5) is 10.4. The fourth-order valence-electron chi connectivity index (χ4n) is 1.30. The summed E-state index contributed by atoms with van der Waals surface area (Å²) in [7, 11) is 0. The normalized spacial score (nSPS) is 9.86. The average molecular weight is 194 g/mol. The second kappa shape index (κ2) is 4.60. The van der Waals surface area contributed by atoms with Crippen LogP contribution in [0.1, 0.15) is 18.9 Å². The lowest BCUT2D eigenvalue weighted by Gasteiger charge is -2.06. The number of rotatable bonds is 4. The second-order valence-corrected chi connectivity index (χ2v) is 3.15. The topological polar surface area (TPSA) is 55.2 Å². The molecule has 0 saturated heterocycles. The van der Waals surface area contributed by atoms with Crippen LogP contribution in [0.15, 0.2) is 18.2 Å². The first-order valence-electron chi connectivity index (χ1n) is 4.64. The van der Waals surface area contributed by atoms with E-state index in [1.807, 2.05) is 13.0 Å². The Bertz CT molecular complexity index is 337. The molecule has 1 aromatic carbocycles. The van der Waals surface area contributed by atoms with Crippen molar-refractivity contribution >= 4 is 11.4 Å². The Kier molecular flexibility index (Phi) is 3.45. The van der Waals surface area contributed by atoms with Crippen molar-refractivity contribution in [3.63, 3.8) is 0 Å². The molecule has 0 aromatic heterocycles. The Labute approximate surface area is 83.1 Å². The van der Waals surface area contributed by atoms with Crippen LogP contribution >= 0.6 is 0 Å². The van der Waals surface area contributed by atoms with Gasteiger partial charge in [0, 0.05) is 12.1 Å². The summed E-state index contributed by atoms with van der Waals surface area (Å²) in [5.74, 6) is 0. The predicted molar refractivity (Wildman–Crippen MR) is 56.6 cm³/mol.